The summed E-state index contributed by atoms with van der Waals surface area (Å²) >= 11 is 0. The zero-order valence-corrected chi connectivity index (χ0v) is 11.3. The van der Waals surface area contributed by atoms with Crippen LogP contribution < -0.4 is 4.90 Å². The minimum absolute atomic E-state index is 0.0841. The quantitative estimate of drug-likeness (QED) is 0.905. The summed E-state index contributed by atoms with van der Waals surface area (Å²) in [7, 11) is 0. The second-order valence-corrected chi connectivity index (χ2v) is 5.08. The van der Waals surface area contributed by atoms with Gasteiger partial charge in [-0.15, -0.1) is 0 Å². The van der Waals surface area contributed by atoms with Crippen LogP contribution in [0.25, 0.3) is 0 Å². The molecule has 2 unspecified atom stereocenters. The average Bonchev–Trinajstić information content (AvgIpc) is 2.77. The number of amides is 1. The third-order valence-corrected chi connectivity index (χ3v) is 3.64. The van der Waals surface area contributed by atoms with Crippen LogP contribution >= 0.6 is 0 Å². The predicted molar refractivity (Wildman–Crippen MR) is 73.1 cm³/mol. The van der Waals surface area contributed by atoms with E-state index in [4.69, 9.17) is 0 Å². The highest BCUT2D eigenvalue weighted by atomic mass is 16.4. The van der Waals surface area contributed by atoms with Gasteiger partial charge in [0.25, 0.3) is 0 Å². The van der Waals surface area contributed by atoms with Crippen molar-refractivity contribution in [2.75, 3.05) is 4.90 Å². The molecule has 1 N–H and O–H groups in total. The van der Waals surface area contributed by atoms with Gasteiger partial charge in [0, 0.05) is 18.0 Å². The molecule has 1 aliphatic rings. The molecule has 0 radical (unpaired) electrons. The number of para-hydroxylation sites is 1. The van der Waals surface area contributed by atoms with E-state index in [9.17, 15) is 14.7 Å². The Morgan fingerprint density at radius 2 is 2.11 bits per heavy atom. The largest absolute Gasteiger partial charge is 0.480 e. The number of carbonyl (C=O) groups is 2. The molecule has 0 fully saturated rings. The fourth-order valence-corrected chi connectivity index (χ4v) is 2.65. The molecule has 102 valence electrons. The minimum atomic E-state index is -0.937. The molecule has 19 heavy (non-hydrogen) atoms. The Balaban J connectivity index is 2.34. The van der Waals surface area contributed by atoms with E-state index in [1.807, 2.05) is 38.1 Å². The van der Waals surface area contributed by atoms with Gasteiger partial charge in [0.2, 0.25) is 5.91 Å². The SMILES string of the molecule is CCCC(C)C(=O)N1c2ccccc2CC1C(=O)O. The van der Waals surface area contributed by atoms with E-state index < -0.39 is 12.0 Å². The molecule has 2 rings (SSSR count). The fourth-order valence-electron chi connectivity index (χ4n) is 2.65. The van der Waals surface area contributed by atoms with Crippen molar-refractivity contribution in [3.05, 3.63) is 29.8 Å². The molecule has 0 spiro atoms. The number of anilines is 1. The molecule has 4 heteroatoms. The van der Waals surface area contributed by atoms with Crippen LogP contribution in [0.3, 0.4) is 0 Å². The van der Waals surface area contributed by atoms with Gasteiger partial charge in [0.05, 0.1) is 0 Å². The lowest BCUT2D eigenvalue weighted by Gasteiger charge is -2.25. The standard InChI is InChI=1S/C15H19NO3/c1-3-6-10(2)14(17)16-12-8-5-4-7-11(12)9-13(16)15(18)19/h4-5,7-8,10,13H,3,6,9H2,1-2H3,(H,18,19). The lowest BCUT2D eigenvalue weighted by atomic mass is 10.0. The molecule has 0 bridgehead atoms. The van der Waals surface area contributed by atoms with Gasteiger partial charge in [0.15, 0.2) is 0 Å². The Morgan fingerprint density at radius 1 is 1.42 bits per heavy atom. The molecular formula is C15H19NO3. The van der Waals surface area contributed by atoms with E-state index in [1.165, 1.54) is 4.90 Å². The highest BCUT2D eigenvalue weighted by molar-refractivity contribution is 6.02. The van der Waals surface area contributed by atoms with E-state index in [0.29, 0.717) is 6.42 Å². The van der Waals surface area contributed by atoms with Crippen LogP contribution in [0, 0.1) is 5.92 Å². The summed E-state index contributed by atoms with van der Waals surface area (Å²) in [5.74, 6) is -1.16. The minimum Gasteiger partial charge on any atom is -0.480 e. The molecule has 0 saturated heterocycles. The first kappa shape index (κ1) is 13.6. The first-order chi connectivity index (χ1) is 9.06. The number of carbonyl (C=O) groups excluding carboxylic acids is 1. The Kier molecular flexibility index (Phi) is 3.88. The normalized spacial score (nSPS) is 19.1. The molecule has 1 aromatic carbocycles. The number of carboxylic acids is 1. The summed E-state index contributed by atoms with van der Waals surface area (Å²) in [5.41, 5.74) is 1.69. The number of carboxylic acid groups (broad SMARTS) is 1. The van der Waals surface area contributed by atoms with Gasteiger partial charge in [-0.2, -0.15) is 0 Å². The summed E-state index contributed by atoms with van der Waals surface area (Å²) < 4.78 is 0. The van der Waals surface area contributed by atoms with Crippen molar-refractivity contribution in [1.29, 1.82) is 0 Å². The van der Waals surface area contributed by atoms with Crippen LogP contribution in [0.5, 0.6) is 0 Å². The van der Waals surface area contributed by atoms with Crippen molar-refractivity contribution in [2.45, 2.75) is 39.2 Å². The average molecular weight is 261 g/mol. The molecule has 0 aromatic heterocycles. The number of rotatable bonds is 4. The van der Waals surface area contributed by atoms with Crippen molar-refractivity contribution < 1.29 is 14.7 Å². The number of fused-ring (bicyclic) bond motifs is 1. The van der Waals surface area contributed by atoms with Crippen LogP contribution in [0.4, 0.5) is 5.69 Å². The smallest absolute Gasteiger partial charge is 0.327 e. The van der Waals surface area contributed by atoms with Crippen molar-refractivity contribution in [3.8, 4) is 0 Å². The third-order valence-electron chi connectivity index (χ3n) is 3.64. The van der Waals surface area contributed by atoms with E-state index in [-0.39, 0.29) is 11.8 Å². The monoisotopic (exact) mass is 261 g/mol. The Bertz CT molecular complexity index is 498. The zero-order valence-electron chi connectivity index (χ0n) is 11.3. The highest BCUT2D eigenvalue weighted by Gasteiger charge is 2.39. The molecule has 1 amide bonds. The predicted octanol–water partition coefficient (Wildman–Crippen LogP) is 2.47. The van der Waals surface area contributed by atoms with Crippen LogP contribution in [-0.2, 0) is 16.0 Å². The second kappa shape index (κ2) is 5.43. The Hall–Kier alpha value is -1.84. The van der Waals surface area contributed by atoms with E-state index >= 15 is 0 Å². The number of nitrogens with zero attached hydrogens (tertiary/aromatic N) is 1. The Labute approximate surface area is 113 Å². The number of hydrogen-bond acceptors (Lipinski definition) is 2. The van der Waals surface area contributed by atoms with Crippen molar-refractivity contribution >= 4 is 17.6 Å². The number of benzene rings is 1. The second-order valence-electron chi connectivity index (χ2n) is 5.08. The van der Waals surface area contributed by atoms with Gasteiger partial charge in [-0.25, -0.2) is 4.79 Å². The maximum absolute atomic E-state index is 12.5. The summed E-state index contributed by atoms with van der Waals surface area (Å²) in [6, 6.07) is 6.68. The zero-order chi connectivity index (χ0) is 14.0. The third kappa shape index (κ3) is 2.48. The van der Waals surface area contributed by atoms with Crippen molar-refractivity contribution in [1.82, 2.24) is 0 Å². The Morgan fingerprint density at radius 3 is 2.74 bits per heavy atom. The molecule has 4 nitrogen and oxygen atoms in total. The van der Waals surface area contributed by atoms with Crippen LogP contribution in [0.1, 0.15) is 32.3 Å². The molecule has 1 aliphatic heterocycles. The van der Waals surface area contributed by atoms with Gasteiger partial charge >= 0.3 is 5.97 Å². The first-order valence-electron chi connectivity index (χ1n) is 6.70. The molecule has 2 atom stereocenters. The summed E-state index contributed by atoms with van der Waals surface area (Å²) in [4.78, 5) is 25.3. The molecule has 0 aliphatic carbocycles. The maximum atomic E-state index is 12.5. The highest BCUT2D eigenvalue weighted by Crippen LogP contribution is 2.33. The number of aliphatic carboxylic acids is 1. The topological polar surface area (TPSA) is 57.6 Å². The van der Waals surface area contributed by atoms with Gasteiger partial charge < -0.3 is 5.11 Å². The number of hydrogen-bond donors (Lipinski definition) is 1. The lowest BCUT2D eigenvalue weighted by molar-refractivity contribution is -0.140. The summed E-state index contributed by atoms with van der Waals surface area (Å²) in [5, 5.41) is 9.32. The summed E-state index contributed by atoms with van der Waals surface area (Å²) in [6.45, 7) is 3.89. The fraction of sp³-hybridized carbons (Fsp3) is 0.467. The van der Waals surface area contributed by atoms with Crippen molar-refractivity contribution in [3.63, 3.8) is 0 Å². The molecule has 1 heterocycles. The van der Waals surface area contributed by atoms with E-state index in [2.05, 4.69) is 0 Å². The van der Waals surface area contributed by atoms with Gasteiger partial charge in [-0.1, -0.05) is 38.5 Å². The maximum Gasteiger partial charge on any atom is 0.327 e. The van der Waals surface area contributed by atoms with Crippen LogP contribution in [-0.4, -0.2) is 23.0 Å². The van der Waals surface area contributed by atoms with E-state index in [0.717, 1.165) is 24.1 Å². The van der Waals surface area contributed by atoms with Gasteiger partial charge in [0.1, 0.15) is 6.04 Å². The van der Waals surface area contributed by atoms with Gasteiger partial charge in [-0.05, 0) is 18.1 Å². The van der Waals surface area contributed by atoms with Crippen molar-refractivity contribution in [2.24, 2.45) is 5.92 Å². The van der Waals surface area contributed by atoms with E-state index in [1.54, 1.807) is 0 Å². The molecule has 1 aromatic rings. The van der Waals surface area contributed by atoms with Gasteiger partial charge in [-0.3, -0.25) is 9.69 Å². The summed E-state index contributed by atoms with van der Waals surface area (Å²) in [6.07, 6.45) is 2.10. The van der Waals surface area contributed by atoms with Crippen LogP contribution in [0.2, 0.25) is 0 Å². The molecule has 0 saturated carbocycles. The molecular weight excluding hydrogens is 242 g/mol. The van der Waals surface area contributed by atoms with Crippen LogP contribution in [0.15, 0.2) is 24.3 Å². The first-order valence-corrected chi connectivity index (χ1v) is 6.70. The lowest BCUT2D eigenvalue weighted by Crippen LogP contribution is -2.45.